The Morgan fingerprint density at radius 3 is 2.57 bits per heavy atom. The Kier molecular flexibility index (Phi) is 3.64. The minimum atomic E-state index is -1.06. The third kappa shape index (κ3) is 3.18. The summed E-state index contributed by atoms with van der Waals surface area (Å²) >= 11 is 0. The summed E-state index contributed by atoms with van der Waals surface area (Å²) in [5.41, 5.74) is 5.38. The molecule has 1 rings (SSSR count). The quantitative estimate of drug-likeness (QED) is 0.537. The number of amides is 1. The third-order valence-electron chi connectivity index (χ3n) is 2.09. The zero-order chi connectivity index (χ0) is 10.6. The van der Waals surface area contributed by atoms with E-state index in [1.807, 2.05) is 12.2 Å². The lowest BCUT2D eigenvalue weighted by Crippen LogP contribution is -2.45. The van der Waals surface area contributed by atoms with Gasteiger partial charge < -0.3 is 16.2 Å². The number of hydrogen-bond donors (Lipinski definition) is 3. The average Bonchev–Trinajstić information content (AvgIpc) is 2.55. The second-order valence-electron chi connectivity index (χ2n) is 3.35. The smallest absolute Gasteiger partial charge is 0.305 e. The fraction of sp³-hybridized carbons (Fsp3) is 0.556. The number of aliphatic carboxylic acids is 1. The van der Waals surface area contributed by atoms with Crippen molar-refractivity contribution in [1.29, 1.82) is 0 Å². The number of carboxylic acids is 1. The number of carboxylic acid groups (broad SMARTS) is 1. The lowest BCUT2D eigenvalue weighted by Gasteiger charge is -2.15. The van der Waals surface area contributed by atoms with E-state index < -0.39 is 12.0 Å². The Hall–Kier alpha value is -1.36. The van der Waals surface area contributed by atoms with Crippen LogP contribution in [0.25, 0.3) is 0 Å². The van der Waals surface area contributed by atoms with Crippen LogP contribution in [0, 0.1) is 0 Å². The van der Waals surface area contributed by atoms with E-state index in [-0.39, 0.29) is 18.4 Å². The van der Waals surface area contributed by atoms with Crippen molar-refractivity contribution < 1.29 is 14.7 Å². The number of carbonyl (C=O) groups excluding carboxylic acids is 1. The minimum Gasteiger partial charge on any atom is -0.481 e. The summed E-state index contributed by atoms with van der Waals surface area (Å²) in [5, 5.41) is 11.1. The van der Waals surface area contributed by atoms with Crippen LogP contribution in [0.4, 0.5) is 0 Å². The fourth-order valence-corrected chi connectivity index (χ4v) is 1.32. The maximum absolute atomic E-state index is 11.3. The molecule has 0 aromatic carbocycles. The zero-order valence-electron chi connectivity index (χ0n) is 7.77. The van der Waals surface area contributed by atoms with Crippen molar-refractivity contribution in [3.8, 4) is 0 Å². The van der Waals surface area contributed by atoms with Crippen LogP contribution in [0.2, 0.25) is 0 Å². The van der Waals surface area contributed by atoms with Gasteiger partial charge >= 0.3 is 5.97 Å². The number of hydrogen-bond acceptors (Lipinski definition) is 3. The Bertz CT molecular complexity index is 255. The van der Waals surface area contributed by atoms with Gasteiger partial charge in [0, 0.05) is 6.04 Å². The van der Waals surface area contributed by atoms with Crippen molar-refractivity contribution in [2.75, 3.05) is 0 Å². The molecule has 14 heavy (non-hydrogen) atoms. The van der Waals surface area contributed by atoms with Crippen molar-refractivity contribution in [3.05, 3.63) is 12.2 Å². The first-order valence-corrected chi connectivity index (χ1v) is 4.52. The van der Waals surface area contributed by atoms with Gasteiger partial charge in [-0.1, -0.05) is 12.2 Å². The molecule has 1 aliphatic carbocycles. The largest absolute Gasteiger partial charge is 0.481 e. The van der Waals surface area contributed by atoms with Crippen LogP contribution in [0.1, 0.15) is 19.3 Å². The predicted octanol–water partition coefficient (Wildman–Crippen LogP) is -0.377. The van der Waals surface area contributed by atoms with Gasteiger partial charge in [-0.25, -0.2) is 0 Å². The molecule has 5 heteroatoms. The lowest BCUT2D eigenvalue weighted by molar-refractivity contribution is -0.139. The maximum Gasteiger partial charge on any atom is 0.305 e. The van der Waals surface area contributed by atoms with Gasteiger partial charge in [-0.15, -0.1) is 0 Å². The highest BCUT2D eigenvalue weighted by atomic mass is 16.4. The molecule has 5 nitrogen and oxygen atoms in total. The number of nitrogens with two attached hydrogens (primary N) is 1. The van der Waals surface area contributed by atoms with E-state index in [0.29, 0.717) is 0 Å². The standard InChI is InChI=1S/C9H14N2O3/c10-7(5-8(12)13)9(14)11-6-3-1-2-4-6/h1-2,6-7H,3-5,10H2,(H,11,14)(H,12,13). The van der Waals surface area contributed by atoms with Crippen molar-refractivity contribution in [2.24, 2.45) is 5.73 Å². The van der Waals surface area contributed by atoms with E-state index in [4.69, 9.17) is 10.8 Å². The Labute approximate surface area is 82.0 Å². The molecule has 0 aliphatic heterocycles. The summed E-state index contributed by atoms with van der Waals surface area (Å²) in [7, 11) is 0. The average molecular weight is 198 g/mol. The zero-order valence-corrected chi connectivity index (χ0v) is 7.77. The summed E-state index contributed by atoms with van der Waals surface area (Å²) < 4.78 is 0. The van der Waals surface area contributed by atoms with E-state index in [2.05, 4.69) is 5.32 Å². The Morgan fingerprint density at radius 2 is 2.07 bits per heavy atom. The van der Waals surface area contributed by atoms with Crippen LogP contribution >= 0.6 is 0 Å². The third-order valence-corrected chi connectivity index (χ3v) is 2.09. The predicted molar refractivity (Wildman–Crippen MR) is 50.5 cm³/mol. The van der Waals surface area contributed by atoms with E-state index in [9.17, 15) is 9.59 Å². The van der Waals surface area contributed by atoms with Crippen LogP contribution in [0.3, 0.4) is 0 Å². The molecular weight excluding hydrogens is 184 g/mol. The van der Waals surface area contributed by atoms with E-state index >= 15 is 0 Å². The monoisotopic (exact) mass is 198 g/mol. The summed E-state index contributed by atoms with van der Waals surface area (Å²) in [5.74, 6) is -1.45. The molecule has 1 amide bonds. The molecule has 0 saturated heterocycles. The number of carbonyl (C=O) groups is 2. The molecule has 0 fully saturated rings. The molecule has 0 saturated carbocycles. The van der Waals surface area contributed by atoms with Crippen LogP contribution in [-0.4, -0.2) is 29.1 Å². The van der Waals surface area contributed by atoms with Gasteiger partial charge in [0.15, 0.2) is 0 Å². The highest BCUT2D eigenvalue weighted by molar-refractivity contribution is 5.86. The summed E-state index contributed by atoms with van der Waals surface area (Å²) in [6, 6.07) is -0.865. The fourth-order valence-electron chi connectivity index (χ4n) is 1.32. The van der Waals surface area contributed by atoms with Crippen LogP contribution < -0.4 is 11.1 Å². The van der Waals surface area contributed by atoms with E-state index in [1.54, 1.807) is 0 Å². The summed E-state index contributed by atoms with van der Waals surface area (Å²) in [6.07, 6.45) is 5.23. The van der Waals surface area contributed by atoms with Crippen LogP contribution in [0.15, 0.2) is 12.2 Å². The van der Waals surface area contributed by atoms with Gasteiger partial charge in [0.2, 0.25) is 5.91 Å². The molecule has 4 N–H and O–H groups in total. The van der Waals surface area contributed by atoms with Crippen molar-refractivity contribution in [1.82, 2.24) is 5.32 Å². The van der Waals surface area contributed by atoms with E-state index in [1.165, 1.54) is 0 Å². The van der Waals surface area contributed by atoms with E-state index in [0.717, 1.165) is 12.8 Å². The second kappa shape index (κ2) is 4.76. The molecule has 1 aliphatic rings. The number of rotatable bonds is 4. The molecule has 0 aromatic heterocycles. The maximum atomic E-state index is 11.3. The normalized spacial score (nSPS) is 18.1. The molecule has 0 bridgehead atoms. The van der Waals surface area contributed by atoms with Gasteiger partial charge in [0.05, 0.1) is 12.5 Å². The highest BCUT2D eigenvalue weighted by Gasteiger charge is 2.20. The Balaban J connectivity index is 2.29. The van der Waals surface area contributed by atoms with Crippen LogP contribution in [-0.2, 0) is 9.59 Å². The lowest BCUT2D eigenvalue weighted by atomic mass is 10.1. The first-order chi connectivity index (χ1) is 6.59. The molecular formula is C9H14N2O3. The topological polar surface area (TPSA) is 92.4 Å². The van der Waals surface area contributed by atoms with Crippen LogP contribution in [0.5, 0.6) is 0 Å². The molecule has 1 unspecified atom stereocenters. The van der Waals surface area contributed by atoms with Crippen molar-refractivity contribution in [3.63, 3.8) is 0 Å². The van der Waals surface area contributed by atoms with Gasteiger partial charge in [0.1, 0.15) is 0 Å². The van der Waals surface area contributed by atoms with Gasteiger partial charge in [-0.05, 0) is 12.8 Å². The SMILES string of the molecule is NC(CC(=O)O)C(=O)NC1CC=CC1. The first kappa shape index (κ1) is 10.7. The number of nitrogens with one attached hydrogen (secondary N) is 1. The molecule has 0 radical (unpaired) electrons. The molecule has 0 spiro atoms. The molecule has 1 atom stereocenters. The van der Waals surface area contributed by atoms with Gasteiger partial charge in [-0.3, -0.25) is 9.59 Å². The summed E-state index contributed by atoms with van der Waals surface area (Å²) in [6.45, 7) is 0. The molecule has 0 heterocycles. The second-order valence-corrected chi connectivity index (χ2v) is 3.35. The van der Waals surface area contributed by atoms with Gasteiger partial charge in [0.25, 0.3) is 0 Å². The Morgan fingerprint density at radius 1 is 1.50 bits per heavy atom. The minimum absolute atomic E-state index is 0.0855. The van der Waals surface area contributed by atoms with Gasteiger partial charge in [-0.2, -0.15) is 0 Å². The van der Waals surface area contributed by atoms with Crippen molar-refractivity contribution >= 4 is 11.9 Å². The molecule has 78 valence electrons. The highest BCUT2D eigenvalue weighted by Crippen LogP contribution is 2.09. The molecule has 0 aromatic rings. The van der Waals surface area contributed by atoms with Crippen molar-refractivity contribution in [2.45, 2.75) is 31.3 Å². The summed E-state index contributed by atoms with van der Waals surface area (Å²) in [4.78, 5) is 21.6. The first-order valence-electron chi connectivity index (χ1n) is 4.52.